The largest absolute Gasteiger partial charge is 0.345 e. The summed E-state index contributed by atoms with van der Waals surface area (Å²) in [7, 11) is 0. The molecule has 3 nitrogen and oxygen atoms in total. The molecule has 1 aromatic rings. The lowest BCUT2D eigenvalue weighted by Crippen LogP contribution is -2.36. The van der Waals surface area contributed by atoms with Crippen molar-refractivity contribution in [2.24, 2.45) is 5.92 Å². The van der Waals surface area contributed by atoms with Gasteiger partial charge < -0.3 is 10.2 Å². The highest BCUT2D eigenvalue weighted by molar-refractivity contribution is 7.15. The van der Waals surface area contributed by atoms with E-state index in [0.29, 0.717) is 5.92 Å². The molecule has 120 valence electrons. The van der Waals surface area contributed by atoms with Crippen molar-refractivity contribution < 1.29 is 0 Å². The zero-order valence-corrected chi connectivity index (χ0v) is 14.9. The van der Waals surface area contributed by atoms with E-state index in [1.165, 1.54) is 41.4 Å². The van der Waals surface area contributed by atoms with Gasteiger partial charge in [-0.1, -0.05) is 40.5 Å². The first-order valence-corrected chi connectivity index (χ1v) is 9.43. The first kappa shape index (κ1) is 16.8. The zero-order valence-electron chi connectivity index (χ0n) is 14.1. The van der Waals surface area contributed by atoms with Gasteiger partial charge in [-0.05, 0) is 31.7 Å². The van der Waals surface area contributed by atoms with E-state index in [0.717, 1.165) is 32.1 Å². The summed E-state index contributed by atoms with van der Waals surface area (Å²) >= 11 is 1.91. The molecule has 2 rings (SSSR count). The number of anilines is 1. The summed E-state index contributed by atoms with van der Waals surface area (Å²) in [6.07, 6.45) is 6.50. The lowest BCUT2D eigenvalue weighted by molar-refractivity contribution is 0.534. The molecule has 0 atom stereocenters. The summed E-state index contributed by atoms with van der Waals surface area (Å²) in [5.41, 5.74) is 1.29. The first-order chi connectivity index (χ1) is 10.2. The highest BCUT2D eigenvalue weighted by Gasteiger charge is 2.26. The molecule has 21 heavy (non-hydrogen) atoms. The van der Waals surface area contributed by atoms with Crippen molar-refractivity contribution in [2.45, 2.75) is 72.4 Å². The molecule has 0 bridgehead atoms. The fourth-order valence-corrected chi connectivity index (χ4v) is 4.34. The third-order valence-electron chi connectivity index (χ3n) is 4.21. The molecule has 0 aromatic carbocycles. The van der Waals surface area contributed by atoms with Crippen LogP contribution in [0, 0.1) is 5.92 Å². The number of nitrogens with one attached hydrogen (secondary N) is 1. The Morgan fingerprint density at radius 2 is 2.00 bits per heavy atom. The molecule has 1 N–H and O–H groups in total. The van der Waals surface area contributed by atoms with Crippen LogP contribution < -0.4 is 10.2 Å². The third-order valence-corrected chi connectivity index (χ3v) is 5.35. The highest BCUT2D eigenvalue weighted by Crippen LogP contribution is 2.33. The summed E-state index contributed by atoms with van der Waals surface area (Å²) in [6, 6.07) is 0.718. The van der Waals surface area contributed by atoms with Gasteiger partial charge in [-0.15, -0.1) is 11.3 Å². The second-order valence-electron chi connectivity index (χ2n) is 6.48. The molecule has 0 saturated heterocycles. The second-order valence-corrected chi connectivity index (χ2v) is 7.55. The van der Waals surface area contributed by atoms with Crippen molar-refractivity contribution in [2.75, 3.05) is 18.0 Å². The summed E-state index contributed by atoms with van der Waals surface area (Å²) in [5, 5.41) is 4.72. The SMILES string of the molecule is CCNCc1sc(N(CC(C)C)C2CCCC2)nc1CC. The predicted octanol–water partition coefficient (Wildman–Crippen LogP) is 4.22. The van der Waals surface area contributed by atoms with E-state index in [1.807, 2.05) is 11.3 Å². The van der Waals surface area contributed by atoms with Crippen LogP contribution in [0.4, 0.5) is 5.13 Å². The maximum atomic E-state index is 4.98. The number of nitrogens with zero attached hydrogens (tertiary/aromatic N) is 2. The van der Waals surface area contributed by atoms with E-state index in [9.17, 15) is 0 Å². The quantitative estimate of drug-likeness (QED) is 0.779. The molecule has 1 heterocycles. The average molecular weight is 310 g/mol. The Kier molecular flexibility index (Phi) is 6.49. The van der Waals surface area contributed by atoms with E-state index in [-0.39, 0.29) is 0 Å². The lowest BCUT2D eigenvalue weighted by Gasteiger charge is -2.30. The number of rotatable bonds is 8. The molecule has 0 spiro atoms. The van der Waals surface area contributed by atoms with Crippen molar-refractivity contribution >= 4 is 16.5 Å². The van der Waals surface area contributed by atoms with Gasteiger partial charge in [-0.25, -0.2) is 4.98 Å². The van der Waals surface area contributed by atoms with Gasteiger partial charge in [-0.3, -0.25) is 0 Å². The average Bonchev–Trinajstić information content (AvgIpc) is 3.11. The normalized spacial score (nSPS) is 16.0. The Morgan fingerprint density at radius 3 is 2.57 bits per heavy atom. The Hall–Kier alpha value is -0.610. The van der Waals surface area contributed by atoms with Crippen molar-refractivity contribution in [1.29, 1.82) is 0 Å². The van der Waals surface area contributed by atoms with Crippen molar-refractivity contribution in [3.63, 3.8) is 0 Å². The van der Waals surface area contributed by atoms with Crippen LogP contribution in [-0.2, 0) is 13.0 Å². The van der Waals surface area contributed by atoms with Gasteiger partial charge in [0.1, 0.15) is 0 Å². The molecule has 4 heteroatoms. The summed E-state index contributed by atoms with van der Waals surface area (Å²) < 4.78 is 0. The van der Waals surface area contributed by atoms with Crippen LogP contribution in [0.5, 0.6) is 0 Å². The van der Waals surface area contributed by atoms with E-state index in [1.54, 1.807) is 0 Å². The standard InChI is InChI=1S/C17H31N3S/c1-5-15-16(11-18-6-2)21-17(19-15)20(12-13(3)4)14-9-7-8-10-14/h13-14,18H,5-12H2,1-4H3. The monoisotopic (exact) mass is 309 g/mol. The van der Waals surface area contributed by atoms with E-state index in [4.69, 9.17) is 4.98 Å². The Bertz CT molecular complexity index is 422. The molecule has 1 saturated carbocycles. The molecule has 0 aliphatic heterocycles. The molecule has 0 radical (unpaired) electrons. The summed E-state index contributed by atoms with van der Waals surface area (Å²) in [4.78, 5) is 9.02. The third kappa shape index (κ3) is 4.43. The van der Waals surface area contributed by atoms with Crippen LogP contribution >= 0.6 is 11.3 Å². The molecule has 1 aliphatic carbocycles. The van der Waals surface area contributed by atoms with Crippen LogP contribution in [0.25, 0.3) is 0 Å². The summed E-state index contributed by atoms with van der Waals surface area (Å²) in [5.74, 6) is 0.691. The van der Waals surface area contributed by atoms with Crippen molar-refractivity contribution in [1.82, 2.24) is 10.3 Å². The fraction of sp³-hybridized carbons (Fsp3) is 0.824. The van der Waals surface area contributed by atoms with Crippen molar-refractivity contribution in [3.05, 3.63) is 10.6 Å². The van der Waals surface area contributed by atoms with Crippen LogP contribution in [0.3, 0.4) is 0 Å². The number of aryl methyl sites for hydroxylation is 1. The van der Waals surface area contributed by atoms with Gasteiger partial charge in [0.05, 0.1) is 5.69 Å². The van der Waals surface area contributed by atoms with Gasteiger partial charge in [0.2, 0.25) is 0 Å². The predicted molar refractivity (Wildman–Crippen MR) is 93.3 cm³/mol. The highest BCUT2D eigenvalue weighted by atomic mass is 32.1. The van der Waals surface area contributed by atoms with Crippen LogP contribution in [0.15, 0.2) is 0 Å². The number of aromatic nitrogens is 1. The minimum Gasteiger partial charge on any atom is -0.345 e. The lowest BCUT2D eigenvalue weighted by atomic mass is 10.1. The Morgan fingerprint density at radius 1 is 1.29 bits per heavy atom. The topological polar surface area (TPSA) is 28.2 Å². The Balaban J connectivity index is 2.19. The Labute approximate surface area is 134 Å². The molecule has 0 unspecified atom stereocenters. The van der Waals surface area contributed by atoms with Crippen molar-refractivity contribution in [3.8, 4) is 0 Å². The van der Waals surface area contributed by atoms with Crippen LogP contribution in [-0.4, -0.2) is 24.1 Å². The van der Waals surface area contributed by atoms with E-state index < -0.39 is 0 Å². The molecule has 1 fully saturated rings. The molecule has 0 amide bonds. The van der Waals surface area contributed by atoms with Gasteiger partial charge >= 0.3 is 0 Å². The molecular weight excluding hydrogens is 278 g/mol. The maximum Gasteiger partial charge on any atom is 0.186 e. The van der Waals surface area contributed by atoms with Crippen LogP contribution in [0.1, 0.15) is 63.9 Å². The first-order valence-electron chi connectivity index (χ1n) is 8.61. The van der Waals surface area contributed by atoms with Gasteiger partial charge in [-0.2, -0.15) is 0 Å². The fourth-order valence-electron chi connectivity index (χ4n) is 3.14. The minimum atomic E-state index is 0.691. The van der Waals surface area contributed by atoms with Gasteiger partial charge in [0.25, 0.3) is 0 Å². The number of hydrogen-bond donors (Lipinski definition) is 1. The van der Waals surface area contributed by atoms with Gasteiger partial charge in [0.15, 0.2) is 5.13 Å². The molecule has 1 aromatic heterocycles. The number of hydrogen-bond acceptors (Lipinski definition) is 4. The van der Waals surface area contributed by atoms with E-state index in [2.05, 4.69) is 37.9 Å². The van der Waals surface area contributed by atoms with Gasteiger partial charge in [0, 0.05) is 24.0 Å². The minimum absolute atomic E-state index is 0.691. The van der Waals surface area contributed by atoms with Crippen LogP contribution in [0.2, 0.25) is 0 Å². The number of thiazole rings is 1. The second kappa shape index (κ2) is 8.14. The smallest absolute Gasteiger partial charge is 0.186 e. The molecular formula is C17H31N3S. The summed E-state index contributed by atoms with van der Waals surface area (Å²) in [6.45, 7) is 12.1. The zero-order chi connectivity index (χ0) is 15.2. The van der Waals surface area contributed by atoms with E-state index >= 15 is 0 Å². The maximum absolute atomic E-state index is 4.98. The molecule has 1 aliphatic rings.